The largest absolute Gasteiger partial charge is 0.468 e. The Labute approximate surface area is 235 Å². The summed E-state index contributed by atoms with van der Waals surface area (Å²) in [6, 6.07) is 14.8. The molecule has 1 atom stereocenters. The molecule has 11 heteroatoms. The van der Waals surface area contributed by atoms with Gasteiger partial charge in [-0.3, -0.25) is 9.59 Å². The summed E-state index contributed by atoms with van der Waals surface area (Å²) >= 11 is 6.03. The summed E-state index contributed by atoms with van der Waals surface area (Å²) in [7, 11) is 0. The van der Waals surface area contributed by atoms with Crippen molar-refractivity contribution in [3.63, 3.8) is 0 Å². The van der Waals surface area contributed by atoms with Gasteiger partial charge in [-0.1, -0.05) is 36.7 Å². The molecule has 1 saturated heterocycles. The summed E-state index contributed by atoms with van der Waals surface area (Å²) in [5.74, 6) is -0.826. The van der Waals surface area contributed by atoms with Crippen molar-refractivity contribution < 1.29 is 27.5 Å². The number of carbonyl (C=O) groups is 2. The highest BCUT2D eigenvalue weighted by Crippen LogP contribution is 2.27. The first-order valence-corrected chi connectivity index (χ1v) is 13.4. The molecule has 2 aromatic carbocycles. The maximum absolute atomic E-state index is 13.4. The van der Waals surface area contributed by atoms with E-state index >= 15 is 0 Å². The van der Waals surface area contributed by atoms with Crippen LogP contribution in [0.1, 0.15) is 40.5 Å². The van der Waals surface area contributed by atoms with E-state index in [0.717, 1.165) is 49.8 Å². The molecule has 0 spiro atoms. The number of alkyl halides is 3. The second-order valence-electron chi connectivity index (χ2n) is 9.62. The van der Waals surface area contributed by atoms with Crippen molar-refractivity contribution in [3.8, 4) is 17.0 Å². The third-order valence-corrected chi connectivity index (χ3v) is 6.93. The standard InChI is InChI=1S/C29H30ClF3N4O3/c1-2-37-13-3-4-19(17-37)15-35-28(39)24-14-21(20-5-9-23(30)10-6-20)7-11-25(24)36-27(38)22-8-12-26(34-16-22)40-18-29(31,32)33/h5-12,14,16,19H,2-4,13,15,17-18H2,1H3,(H,35,39)(H,36,38). The minimum absolute atomic E-state index is 0.0920. The minimum Gasteiger partial charge on any atom is -0.468 e. The van der Waals surface area contributed by atoms with Crippen molar-refractivity contribution in [2.24, 2.45) is 5.92 Å². The monoisotopic (exact) mass is 574 g/mol. The normalized spacial score (nSPS) is 15.9. The highest BCUT2D eigenvalue weighted by molar-refractivity contribution is 6.30. The number of piperidine rings is 1. The number of likely N-dealkylation sites (tertiary alicyclic amines) is 1. The Balaban J connectivity index is 1.52. The van der Waals surface area contributed by atoms with Crippen LogP contribution in [0.4, 0.5) is 18.9 Å². The van der Waals surface area contributed by atoms with Gasteiger partial charge in [-0.15, -0.1) is 0 Å². The van der Waals surface area contributed by atoms with Crippen LogP contribution in [-0.4, -0.2) is 60.7 Å². The van der Waals surface area contributed by atoms with Crippen LogP contribution in [0.15, 0.2) is 60.8 Å². The summed E-state index contributed by atoms with van der Waals surface area (Å²) in [4.78, 5) is 32.5. The van der Waals surface area contributed by atoms with E-state index in [-0.39, 0.29) is 28.6 Å². The van der Waals surface area contributed by atoms with Crippen LogP contribution in [0.5, 0.6) is 5.88 Å². The number of anilines is 1. The summed E-state index contributed by atoms with van der Waals surface area (Å²) in [6.07, 6.45) is -1.28. The Hall–Kier alpha value is -3.63. The zero-order valence-electron chi connectivity index (χ0n) is 21.9. The molecule has 2 amide bonds. The van der Waals surface area contributed by atoms with Crippen molar-refractivity contribution in [2.45, 2.75) is 25.9 Å². The van der Waals surface area contributed by atoms with E-state index in [9.17, 15) is 22.8 Å². The maximum Gasteiger partial charge on any atom is 0.422 e. The van der Waals surface area contributed by atoms with Gasteiger partial charge in [0, 0.05) is 30.4 Å². The van der Waals surface area contributed by atoms with Crippen LogP contribution in [-0.2, 0) is 0 Å². The lowest BCUT2D eigenvalue weighted by Crippen LogP contribution is -2.40. The highest BCUT2D eigenvalue weighted by atomic mass is 35.5. The van der Waals surface area contributed by atoms with Gasteiger partial charge in [-0.25, -0.2) is 4.98 Å². The molecule has 0 bridgehead atoms. The van der Waals surface area contributed by atoms with Gasteiger partial charge in [0.25, 0.3) is 11.8 Å². The van der Waals surface area contributed by atoms with Crippen molar-refractivity contribution in [3.05, 3.63) is 76.9 Å². The van der Waals surface area contributed by atoms with Crippen LogP contribution in [0.25, 0.3) is 11.1 Å². The van der Waals surface area contributed by atoms with Crippen LogP contribution in [0, 0.1) is 5.92 Å². The molecule has 1 aliphatic heterocycles. The maximum atomic E-state index is 13.4. The predicted molar refractivity (Wildman–Crippen MR) is 148 cm³/mol. The number of ether oxygens (including phenoxy) is 1. The molecule has 7 nitrogen and oxygen atoms in total. The van der Waals surface area contributed by atoms with Gasteiger partial charge in [0.05, 0.1) is 16.8 Å². The first kappa shape index (κ1) is 29.4. The fraction of sp³-hybridized carbons (Fsp3) is 0.345. The van der Waals surface area contributed by atoms with Gasteiger partial charge < -0.3 is 20.3 Å². The zero-order valence-corrected chi connectivity index (χ0v) is 22.7. The minimum atomic E-state index is -4.50. The molecule has 0 saturated carbocycles. The number of amides is 2. The topological polar surface area (TPSA) is 83.6 Å². The lowest BCUT2D eigenvalue weighted by atomic mass is 9.97. The molecular weight excluding hydrogens is 545 g/mol. The van der Waals surface area contributed by atoms with Crippen LogP contribution in [0.2, 0.25) is 5.02 Å². The first-order valence-electron chi connectivity index (χ1n) is 13.0. The average molecular weight is 575 g/mol. The number of hydrogen-bond acceptors (Lipinski definition) is 5. The SMILES string of the molecule is CCN1CCCC(CNC(=O)c2cc(-c3ccc(Cl)cc3)ccc2NC(=O)c2ccc(OCC(F)(F)F)nc2)C1. The van der Waals surface area contributed by atoms with E-state index in [1.165, 1.54) is 12.1 Å². The Kier molecular flexibility index (Phi) is 9.65. The molecule has 2 heterocycles. The van der Waals surface area contributed by atoms with Crippen LogP contribution >= 0.6 is 11.6 Å². The Morgan fingerprint density at radius 3 is 2.50 bits per heavy atom. The Morgan fingerprint density at radius 1 is 1.07 bits per heavy atom. The molecule has 212 valence electrons. The van der Waals surface area contributed by atoms with E-state index in [1.807, 2.05) is 12.1 Å². The van der Waals surface area contributed by atoms with E-state index in [4.69, 9.17) is 11.6 Å². The Morgan fingerprint density at radius 2 is 1.82 bits per heavy atom. The molecule has 4 rings (SSSR count). The summed E-state index contributed by atoms with van der Waals surface area (Å²) in [5, 5.41) is 6.35. The van der Waals surface area contributed by atoms with Gasteiger partial charge in [0.2, 0.25) is 5.88 Å². The number of pyridine rings is 1. The lowest BCUT2D eigenvalue weighted by molar-refractivity contribution is -0.154. The van der Waals surface area contributed by atoms with E-state index in [2.05, 4.69) is 32.2 Å². The van der Waals surface area contributed by atoms with Gasteiger partial charge in [0.1, 0.15) is 0 Å². The van der Waals surface area contributed by atoms with Crippen molar-refractivity contribution in [1.82, 2.24) is 15.2 Å². The zero-order chi connectivity index (χ0) is 28.7. The second-order valence-corrected chi connectivity index (χ2v) is 10.1. The van der Waals surface area contributed by atoms with Gasteiger partial charge in [-0.05, 0) is 73.3 Å². The molecule has 1 unspecified atom stereocenters. The highest BCUT2D eigenvalue weighted by Gasteiger charge is 2.28. The summed E-state index contributed by atoms with van der Waals surface area (Å²) in [5.41, 5.74) is 2.27. The number of nitrogens with one attached hydrogen (secondary N) is 2. The molecule has 1 aromatic heterocycles. The number of rotatable bonds is 9. The van der Waals surface area contributed by atoms with Crippen molar-refractivity contribution in [1.29, 1.82) is 0 Å². The smallest absolute Gasteiger partial charge is 0.422 e. The fourth-order valence-corrected chi connectivity index (χ4v) is 4.68. The predicted octanol–water partition coefficient (Wildman–Crippen LogP) is 6.06. The quantitative estimate of drug-likeness (QED) is 0.325. The molecular formula is C29H30ClF3N4O3. The Bertz CT molecular complexity index is 1320. The number of hydrogen-bond donors (Lipinski definition) is 2. The molecule has 1 aliphatic rings. The molecule has 1 fully saturated rings. The number of halogens is 4. The van der Waals surface area contributed by atoms with Gasteiger partial charge in [0.15, 0.2) is 6.61 Å². The average Bonchev–Trinajstić information content (AvgIpc) is 2.95. The third kappa shape index (κ3) is 8.19. The molecule has 2 N–H and O–H groups in total. The van der Waals surface area contributed by atoms with Crippen LogP contribution < -0.4 is 15.4 Å². The van der Waals surface area contributed by atoms with E-state index < -0.39 is 18.7 Å². The molecule has 0 aliphatic carbocycles. The summed E-state index contributed by atoms with van der Waals surface area (Å²) in [6.45, 7) is 4.09. The number of benzene rings is 2. The number of nitrogens with zero attached hydrogens (tertiary/aromatic N) is 2. The van der Waals surface area contributed by atoms with E-state index in [0.29, 0.717) is 17.5 Å². The van der Waals surface area contributed by atoms with Gasteiger partial charge >= 0.3 is 6.18 Å². The van der Waals surface area contributed by atoms with E-state index in [1.54, 1.807) is 30.3 Å². The number of aromatic nitrogens is 1. The third-order valence-electron chi connectivity index (χ3n) is 6.67. The molecule has 0 radical (unpaired) electrons. The van der Waals surface area contributed by atoms with Crippen LogP contribution in [0.3, 0.4) is 0 Å². The fourth-order valence-electron chi connectivity index (χ4n) is 4.55. The number of carbonyl (C=O) groups excluding carboxylic acids is 2. The molecule has 3 aromatic rings. The van der Waals surface area contributed by atoms with Crippen molar-refractivity contribution in [2.75, 3.05) is 38.1 Å². The summed E-state index contributed by atoms with van der Waals surface area (Å²) < 4.78 is 41.8. The van der Waals surface area contributed by atoms with Gasteiger partial charge in [-0.2, -0.15) is 13.2 Å². The molecule has 40 heavy (non-hydrogen) atoms. The second kappa shape index (κ2) is 13.1. The van der Waals surface area contributed by atoms with Crippen molar-refractivity contribution >= 4 is 29.1 Å². The lowest BCUT2D eigenvalue weighted by Gasteiger charge is -2.31. The first-order chi connectivity index (χ1) is 19.1.